The van der Waals surface area contributed by atoms with Crippen LogP contribution in [0, 0.1) is 6.58 Å². The van der Waals surface area contributed by atoms with Gasteiger partial charge in [-0.15, -0.1) is 0 Å². The summed E-state index contributed by atoms with van der Waals surface area (Å²) < 4.78 is 0. The Balaban J connectivity index is 3.23. The van der Waals surface area contributed by atoms with E-state index in [1.54, 1.807) is 6.08 Å². The lowest BCUT2D eigenvalue weighted by Gasteiger charge is -1.78. The zero-order chi connectivity index (χ0) is 6.95. The zero-order valence-corrected chi connectivity index (χ0v) is 5.80. The van der Waals surface area contributed by atoms with Gasteiger partial charge in [0.1, 0.15) is 0 Å². The second-order valence-electron chi connectivity index (χ2n) is 1.77. The topological polar surface area (TPSA) is 0 Å². The molecule has 48 valence electrons. The Bertz CT molecular complexity index is 107. The standard InChI is InChI=1S/C9H12/c1-3-5-7-9-8-6-4-2/h4,6-9H,3,5H2,1H3. The van der Waals surface area contributed by atoms with Crippen LogP contribution in [0.1, 0.15) is 19.8 Å². The molecule has 2 radical (unpaired) electrons. The van der Waals surface area contributed by atoms with Crippen LogP contribution < -0.4 is 0 Å². The lowest BCUT2D eigenvalue weighted by Crippen LogP contribution is -1.57. The van der Waals surface area contributed by atoms with Crippen LogP contribution in [0.5, 0.6) is 0 Å². The molecule has 0 heteroatoms. The van der Waals surface area contributed by atoms with Gasteiger partial charge in [-0.25, -0.2) is 0 Å². The van der Waals surface area contributed by atoms with Crippen LogP contribution in [0.25, 0.3) is 0 Å². The van der Waals surface area contributed by atoms with Crippen molar-refractivity contribution < 1.29 is 0 Å². The van der Waals surface area contributed by atoms with Gasteiger partial charge in [-0.2, -0.15) is 0 Å². The van der Waals surface area contributed by atoms with E-state index in [0.29, 0.717) is 0 Å². The van der Waals surface area contributed by atoms with Gasteiger partial charge in [-0.05, 0) is 13.0 Å². The number of hydrogen-bond donors (Lipinski definition) is 0. The minimum absolute atomic E-state index is 1.13. The van der Waals surface area contributed by atoms with Gasteiger partial charge in [0, 0.05) is 0 Å². The average Bonchev–Trinajstić information content (AvgIpc) is 1.89. The van der Waals surface area contributed by atoms with Gasteiger partial charge >= 0.3 is 0 Å². The first-order valence-electron chi connectivity index (χ1n) is 3.24. The molecule has 0 aliphatic heterocycles. The van der Waals surface area contributed by atoms with Crippen molar-refractivity contribution in [1.29, 1.82) is 0 Å². The maximum absolute atomic E-state index is 6.64. The molecule has 0 aromatic heterocycles. The van der Waals surface area contributed by atoms with Crippen molar-refractivity contribution in [3.63, 3.8) is 0 Å². The van der Waals surface area contributed by atoms with E-state index in [9.17, 15) is 0 Å². The smallest absolute Gasteiger partial charge is 0.00990 e. The van der Waals surface area contributed by atoms with Gasteiger partial charge in [0.15, 0.2) is 0 Å². The molecule has 0 aromatic rings. The van der Waals surface area contributed by atoms with Crippen LogP contribution in [0.2, 0.25) is 0 Å². The molecular formula is C9H12. The van der Waals surface area contributed by atoms with Crippen LogP contribution in [0.15, 0.2) is 30.4 Å². The molecule has 0 aromatic carbocycles. The molecule has 0 amide bonds. The number of hydrogen-bond acceptors (Lipinski definition) is 0. The summed E-state index contributed by atoms with van der Waals surface area (Å²) in [5, 5.41) is 0. The minimum atomic E-state index is 1.13. The molecule has 0 heterocycles. The third-order valence-corrected chi connectivity index (χ3v) is 0.910. The molecule has 0 spiro atoms. The summed E-state index contributed by atoms with van der Waals surface area (Å²) in [6, 6.07) is 0. The van der Waals surface area contributed by atoms with E-state index < -0.39 is 0 Å². The summed E-state index contributed by atoms with van der Waals surface area (Å²) in [5.74, 6) is 0. The predicted molar refractivity (Wildman–Crippen MR) is 41.0 cm³/mol. The fourth-order valence-electron chi connectivity index (χ4n) is 0.461. The average molecular weight is 120 g/mol. The highest BCUT2D eigenvalue weighted by molar-refractivity contribution is 5.07. The first-order chi connectivity index (χ1) is 4.41. The Kier molecular flexibility index (Phi) is 6.59. The highest BCUT2D eigenvalue weighted by Gasteiger charge is 1.67. The summed E-state index contributed by atoms with van der Waals surface area (Å²) in [7, 11) is 0. The maximum Gasteiger partial charge on any atom is -0.00990 e. The highest BCUT2D eigenvalue weighted by atomic mass is 13.7. The van der Waals surface area contributed by atoms with E-state index in [2.05, 4.69) is 13.0 Å². The van der Waals surface area contributed by atoms with Gasteiger partial charge in [0.25, 0.3) is 0 Å². The zero-order valence-electron chi connectivity index (χ0n) is 5.80. The maximum atomic E-state index is 6.64. The molecule has 0 nitrogen and oxygen atoms in total. The minimum Gasteiger partial charge on any atom is -0.0845 e. The second kappa shape index (κ2) is 7.22. The summed E-state index contributed by atoms with van der Waals surface area (Å²) in [5.41, 5.74) is 0. The quantitative estimate of drug-likeness (QED) is 0.500. The molecule has 0 aliphatic carbocycles. The molecule has 0 N–H and O–H groups in total. The van der Waals surface area contributed by atoms with E-state index in [0.717, 1.165) is 6.42 Å². The number of unbranched alkanes of at least 4 members (excludes halogenated alkanes) is 1. The van der Waals surface area contributed by atoms with Crippen LogP contribution in [-0.2, 0) is 0 Å². The van der Waals surface area contributed by atoms with Gasteiger partial charge in [0.2, 0.25) is 0 Å². The Hall–Kier alpha value is -0.780. The van der Waals surface area contributed by atoms with E-state index in [-0.39, 0.29) is 0 Å². The summed E-state index contributed by atoms with van der Waals surface area (Å²) in [6.45, 7) is 8.78. The Morgan fingerprint density at radius 1 is 1.22 bits per heavy atom. The molecule has 0 atom stereocenters. The fourth-order valence-corrected chi connectivity index (χ4v) is 0.461. The Morgan fingerprint density at radius 2 is 2.00 bits per heavy atom. The SMILES string of the molecule is [C]=CC=CC=CCCC. The van der Waals surface area contributed by atoms with E-state index in [1.165, 1.54) is 12.5 Å². The van der Waals surface area contributed by atoms with Gasteiger partial charge in [-0.1, -0.05) is 43.7 Å². The van der Waals surface area contributed by atoms with Crippen molar-refractivity contribution in [1.82, 2.24) is 0 Å². The largest absolute Gasteiger partial charge is 0.0845 e. The van der Waals surface area contributed by atoms with E-state index in [4.69, 9.17) is 6.58 Å². The van der Waals surface area contributed by atoms with Crippen LogP contribution >= 0.6 is 0 Å². The molecule has 0 rings (SSSR count). The van der Waals surface area contributed by atoms with Crippen molar-refractivity contribution in [2.45, 2.75) is 19.8 Å². The summed E-state index contributed by atoms with van der Waals surface area (Å²) in [4.78, 5) is 0. The summed E-state index contributed by atoms with van der Waals surface area (Å²) >= 11 is 0. The molecular weight excluding hydrogens is 108 g/mol. The third kappa shape index (κ3) is 7.22. The van der Waals surface area contributed by atoms with Gasteiger partial charge < -0.3 is 0 Å². The molecule has 0 aliphatic rings. The van der Waals surface area contributed by atoms with Crippen molar-refractivity contribution in [3.05, 3.63) is 37.0 Å². The van der Waals surface area contributed by atoms with Crippen LogP contribution in [0.3, 0.4) is 0 Å². The van der Waals surface area contributed by atoms with Crippen LogP contribution in [-0.4, -0.2) is 0 Å². The van der Waals surface area contributed by atoms with Crippen LogP contribution in [0.4, 0.5) is 0 Å². The first-order valence-corrected chi connectivity index (χ1v) is 3.24. The fraction of sp³-hybridized carbons (Fsp3) is 0.333. The van der Waals surface area contributed by atoms with E-state index >= 15 is 0 Å². The number of rotatable bonds is 4. The molecule has 0 unspecified atom stereocenters. The van der Waals surface area contributed by atoms with Crippen molar-refractivity contribution >= 4 is 0 Å². The molecule has 0 fully saturated rings. The molecule has 0 saturated heterocycles. The highest BCUT2D eigenvalue weighted by Crippen LogP contribution is 1.88. The molecule has 9 heavy (non-hydrogen) atoms. The monoisotopic (exact) mass is 120 g/mol. The molecule has 0 saturated carbocycles. The first kappa shape index (κ1) is 8.22. The van der Waals surface area contributed by atoms with Crippen molar-refractivity contribution in [3.8, 4) is 0 Å². The second-order valence-corrected chi connectivity index (χ2v) is 1.77. The lowest BCUT2D eigenvalue weighted by atomic mass is 10.3. The van der Waals surface area contributed by atoms with E-state index in [1.807, 2.05) is 12.2 Å². The Labute approximate surface area is 57.6 Å². The Morgan fingerprint density at radius 3 is 2.56 bits per heavy atom. The number of allylic oxidation sites excluding steroid dienone is 5. The molecule has 0 bridgehead atoms. The van der Waals surface area contributed by atoms with Gasteiger partial charge in [-0.3, -0.25) is 0 Å². The van der Waals surface area contributed by atoms with Gasteiger partial charge in [0.05, 0.1) is 0 Å². The van der Waals surface area contributed by atoms with Crippen molar-refractivity contribution in [2.75, 3.05) is 0 Å². The van der Waals surface area contributed by atoms with Crippen molar-refractivity contribution in [2.24, 2.45) is 0 Å². The normalized spacial score (nSPS) is 11.2. The third-order valence-electron chi connectivity index (χ3n) is 0.910. The predicted octanol–water partition coefficient (Wildman–Crippen LogP) is 2.77. The summed E-state index contributed by atoms with van der Waals surface area (Å²) in [6.07, 6.45) is 11.2. The lowest BCUT2D eigenvalue weighted by molar-refractivity contribution is 0.959.